The number of aliphatic hydroxyl groups is 1. The molecule has 0 amide bonds. The highest BCUT2D eigenvalue weighted by Crippen LogP contribution is 2.29. The molecule has 0 aliphatic rings. The molecule has 6 heteroatoms. The Morgan fingerprint density at radius 1 is 1.41 bits per heavy atom. The van der Waals surface area contributed by atoms with Crippen LogP contribution < -0.4 is 4.90 Å². The molecule has 17 heavy (non-hydrogen) atoms. The van der Waals surface area contributed by atoms with E-state index in [1.54, 1.807) is 7.05 Å². The number of aliphatic hydroxyl groups excluding tert-OH is 1. The largest absolute Gasteiger partial charge is 0.504 e. The Balaban J connectivity index is 2.97. The summed E-state index contributed by atoms with van der Waals surface area (Å²) in [6.45, 7) is -0.412. The number of aromatic hydroxyl groups is 2. The minimum absolute atomic E-state index is 0.249. The van der Waals surface area contributed by atoms with Gasteiger partial charge in [-0.15, -0.1) is 0 Å². The van der Waals surface area contributed by atoms with Gasteiger partial charge in [-0.05, 0) is 12.1 Å². The summed E-state index contributed by atoms with van der Waals surface area (Å²) < 4.78 is 4.55. The number of methoxy groups -OCH3 is 1. The van der Waals surface area contributed by atoms with Crippen LogP contribution in [-0.4, -0.2) is 48.1 Å². The molecule has 1 rings (SSSR count). The SMILES string of the molecule is COC(=O)[C@H](CO)N(C)c1ccc(O)c(O)c1. The second-order valence-corrected chi connectivity index (χ2v) is 3.51. The fourth-order valence-electron chi connectivity index (χ4n) is 1.40. The Kier molecular flexibility index (Phi) is 4.17. The van der Waals surface area contributed by atoms with Crippen molar-refractivity contribution in [3.8, 4) is 11.5 Å². The first-order chi connectivity index (χ1) is 8.01. The number of hydrogen-bond acceptors (Lipinski definition) is 6. The number of ether oxygens (including phenoxy) is 1. The summed E-state index contributed by atoms with van der Waals surface area (Å²) in [5.41, 5.74) is 0.477. The number of esters is 1. The molecular weight excluding hydrogens is 226 g/mol. The molecule has 0 fully saturated rings. The van der Waals surface area contributed by atoms with Crippen LogP contribution in [0.2, 0.25) is 0 Å². The Morgan fingerprint density at radius 2 is 2.06 bits per heavy atom. The molecule has 0 saturated carbocycles. The topological polar surface area (TPSA) is 90.2 Å². The number of carbonyl (C=O) groups is 1. The van der Waals surface area contributed by atoms with Crippen LogP contribution >= 0.6 is 0 Å². The molecule has 0 unspecified atom stereocenters. The molecule has 6 nitrogen and oxygen atoms in total. The van der Waals surface area contributed by atoms with Gasteiger partial charge in [0.15, 0.2) is 17.5 Å². The maximum atomic E-state index is 11.4. The van der Waals surface area contributed by atoms with E-state index in [4.69, 9.17) is 10.2 Å². The lowest BCUT2D eigenvalue weighted by atomic mass is 10.2. The molecule has 0 radical (unpaired) electrons. The Morgan fingerprint density at radius 3 is 2.53 bits per heavy atom. The van der Waals surface area contributed by atoms with E-state index in [0.717, 1.165) is 0 Å². The second-order valence-electron chi connectivity index (χ2n) is 3.51. The highest BCUT2D eigenvalue weighted by atomic mass is 16.5. The summed E-state index contributed by atoms with van der Waals surface area (Å²) in [4.78, 5) is 12.8. The number of carbonyl (C=O) groups excluding carboxylic acids is 1. The van der Waals surface area contributed by atoms with Gasteiger partial charge in [-0.25, -0.2) is 4.79 Å². The summed E-state index contributed by atoms with van der Waals surface area (Å²) in [5.74, 6) is -1.13. The van der Waals surface area contributed by atoms with Gasteiger partial charge in [0.05, 0.1) is 13.7 Å². The highest BCUT2D eigenvalue weighted by molar-refractivity contribution is 5.80. The van der Waals surface area contributed by atoms with Crippen molar-refractivity contribution in [3.05, 3.63) is 18.2 Å². The third-order valence-corrected chi connectivity index (χ3v) is 2.48. The Hall–Kier alpha value is -1.95. The van der Waals surface area contributed by atoms with Crippen molar-refractivity contribution >= 4 is 11.7 Å². The molecule has 0 aliphatic heterocycles. The molecule has 3 N–H and O–H groups in total. The van der Waals surface area contributed by atoms with Gasteiger partial charge in [0, 0.05) is 18.8 Å². The molecule has 0 aromatic heterocycles. The summed E-state index contributed by atoms with van der Waals surface area (Å²) in [6.07, 6.45) is 0. The van der Waals surface area contributed by atoms with E-state index in [9.17, 15) is 9.90 Å². The number of phenols is 2. The quantitative estimate of drug-likeness (QED) is 0.510. The van der Waals surface area contributed by atoms with Crippen molar-refractivity contribution in [3.63, 3.8) is 0 Å². The maximum absolute atomic E-state index is 11.4. The number of nitrogens with zero attached hydrogens (tertiary/aromatic N) is 1. The second kappa shape index (κ2) is 5.40. The number of rotatable bonds is 4. The van der Waals surface area contributed by atoms with Crippen LogP contribution in [-0.2, 0) is 9.53 Å². The molecule has 1 aromatic rings. The predicted octanol–water partition coefficient (Wildman–Crippen LogP) is 0.0679. The van der Waals surface area contributed by atoms with E-state index in [-0.39, 0.29) is 11.5 Å². The van der Waals surface area contributed by atoms with Crippen LogP contribution in [0.3, 0.4) is 0 Å². The molecule has 1 atom stereocenters. The minimum atomic E-state index is -0.857. The fraction of sp³-hybridized carbons (Fsp3) is 0.364. The molecule has 0 spiro atoms. The van der Waals surface area contributed by atoms with Crippen LogP contribution in [0.1, 0.15) is 0 Å². The zero-order valence-corrected chi connectivity index (χ0v) is 9.62. The summed E-state index contributed by atoms with van der Waals surface area (Å²) in [5, 5.41) is 27.6. The van der Waals surface area contributed by atoms with Crippen molar-refractivity contribution in [2.24, 2.45) is 0 Å². The van der Waals surface area contributed by atoms with Gasteiger partial charge in [-0.3, -0.25) is 0 Å². The third-order valence-electron chi connectivity index (χ3n) is 2.48. The van der Waals surface area contributed by atoms with Crippen molar-refractivity contribution in [1.29, 1.82) is 0 Å². The molecular formula is C11H15NO5. The first kappa shape index (κ1) is 13.1. The van der Waals surface area contributed by atoms with Crippen LogP contribution in [0.25, 0.3) is 0 Å². The van der Waals surface area contributed by atoms with Crippen molar-refractivity contribution in [1.82, 2.24) is 0 Å². The zero-order valence-electron chi connectivity index (χ0n) is 9.62. The molecule has 0 aliphatic carbocycles. The average molecular weight is 241 g/mol. The summed E-state index contributed by atoms with van der Waals surface area (Å²) in [7, 11) is 2.80. The van der Waals surface area contributed by atoms with E-state index in [1.165, 1.54) is 30.2 Å². The first-order valence-corrected chi connectivity index (χ1v) is 4.94. The minimum Gasteiger partial charge on any atom is -0.504 e. The van der Waals surface area contributed by atoms with Crippen molar-refractivity contribution < 1.29 is 24.9 Å². The van der Waals surface area contributed by atoms with Gasteiger partial charge >= 0.3 is 5.97 Å². The smallest absolute Gasteiger partial charge is 0.330 e. The van der Waals surface area contributed by atoms with Gasteiger partial charge in [0.25, 0.3) is 0 Å². The molecule has 0 heterocycles. The van der Waals surface area contributed by atoms with Crippen molar-refractivity contribution in [2.45, 2.75) is 6.04 Å². The number of phenolic OH excluding ortho intramolecular Hbond substituents is 2. The zero-order chi connectivity index (χ0) is 13.0. The van der Waals surface area contributed by atoms with Crippen LogP contribution in [0.5, 0.6) is 11.5 Å². The molecule has 0 bridgehead atoms. The van der Waals surface area contributed by atoms with E-state index < -0.39 is 18.6 Å². The number of likely N-dealkylation sites (N-methyl/N-ethyl adjacent to an activating group) is 1. The van der Waals surface area contributed by atoms with E-state index >= 15 is 0 Å². The monoisotopic (exact) mass is 241 g/mol. The maximum Gasteiger partial charge on any atom is 0.330 e. The number of anilines is 1. The third kappa shape index (κ3) is 2.79. The van der Waals surface area contributed by atoms with Crippen molar-refractivity contribution in [2.75, 3.05) is 25.7 Å². The fourth-order valence-corrected chi connectivity index (χ4v) is 1.40. The van der Waals surface area contributed by atoms with Gasteiger partial charge < -0.3 is 25.0 Å². The highest BCUT2D eigenvalue weighted by Gasteiger charge is 2.23. The van der Waals surface area contributed by atoms with E-state index in [2.05, 4.69) is 4.74 Å². The average Bonchev–Trinajstić information content (AvgIpc) is 2.33. The number of hydrogen-bond donors (Lipinski definition) is 3. The molecule has 1 aromatic carbocycles. The lowest BCUT2D eigenvalue weighted by Gasteiger charge is -2.26. The van der Waals surface area contributed by atoms with Gasteiger partial charge in [0.1, 0.15) is 0 Å². The summed E-state index contributed by atoms with van der Waals surface area (Å²) >= 11 is 0. The first-order valence-electron chi connectivity index (χ1n) is 4.94. The standard InChI is InChI=1S/C11H15NO5/c1-12(8(6-13)11(16)17-2)7-3-4-9(14)10(15)5-7/h3-5,8,13-15H,6H2,1-2H3/t8-/m0/s1. The van der Waals surface area contributed by atoms with Crippen LogP contribution in [0.4, 0.5) is 5.69 Å². The summed E-state index contributed by atoms with van der Waals surface area (Å²) in [6, 6.07) is 3.25. The molecule has 0 saturated heterocycles. The molecule has 94 valence electrons. The van der Waals surface area contributed by atoms with Crippen LogP contribution in [0.15, 0.2) is 18.2 Å². The normalized spacial score (nSPS) is 11.9. The number of benzene rings is 1. The van der Waals surface area contributed by atoms with Gasteiger partial charge in [-0.1, -0.05) is 0 Å². The van der Waals surface area contributed by atoms with Crippen LogP contribution in [0, 0.1) is 0 Å². The lowest BCUT2D eigenvalue weighted by molar-refractivity contribution is -0.143. The Bertz CT molecular complexity index is 407. The predicted molar refractivity (Wildman–Crippen MR) is 61.1 cm³/mol. The Labute approximate surface area is 98.7 Å². The lowest BCUT2D eigenvalue weighted by Crippen LogP contribution is -2.42. The van der Waals surface area contributed by atoms with Gasteiger partial charge in [0.2, 0.25) is 0 Å². The van der Waals surface area contributed by atoms with Gasteiger partial charge in [-0.2, -0.15) is 0 Å². The van der Waals surface area contributed by atoms with E-state index in [0.29, 0.717) is 5.69 Å². The van der Waals surface area contributed by atoms with E-state index in [1.807, 2.05) is 0 Å².